The van der Waals surface area contributed by atoms with Crippen molar-refractivity contribution in [2.45, 2.75) is 12.6 Å². The molecule has 2 rings (SSSR count). The van der Waals surface area contributed by atoms with Crippen molar-refractivity contribution < 1.29 is 13.9 Å². The van der Waals surface area contributed by atoms with Crippen LogP contribution in [0.5, 0.6) is 5.75 Å². The number of hydrogen-bond acceptors (Lipinski definition) is 3. The first-order valence-electron chi connectivity index (χ1n) is 6.87. The molecule has 0 aliphatic rings. The molecule has 1 atom stereocenters. The van der Waals surface area contributed by atoms with Gasteiger partial charge in [0.05, 0.1) is 26.4 Å². The summed E-state index contributed by atoms with van der Waals surface area (Å²) in [4.78, 5) is 0. The molecule has 0 aliphatic heterocycles. The maximum Gasteiger partial charge on any atom is 0.128 e. The summed E-state index contributed by atoms with van der Waals surface area (Å²) in [7, 11) is 3.52. The molecule has 1 unspecified atom stereocenters. The molecule has 0 bridgehead atoms. The van der Waals surface area contributed by atoms with Crippen molar-refractivity contribution in [3.8, 4) is 5.75 Å². The van der Waals surface area contributed by atoms with Gasteiger partial charge >= 0.3 is 0 Å². The van der Waals surface area contributed by atoms with Crippen LogP contribution in [0.25, 0.3) is 0 Å². The maximum atomic E-state index is 13.5. The van der Waals surface area contributed by atoms with Gasteiger partial charge in [0.1, 0.15) is 11.6 Å². The van der Waals surface area contributed by atoms with E-state index in [4.69, 9.17) is 9.47 Å². The zero-order chi connectivity index (χ0) is 15.1. The second kappa shape index (κ2) is 7.76. The van der Waals surface area contributed by atoms with E-state index in [0.717, 1.165) is 11.3 Å². The fourth-order valence-corrected chi connectivity index (χ4v) is 2.08. The predicted molar refractivity (Wildman–Crippen MR) is 80.9 cm³/mol. The lowest BCUT2D eigenvalue weighted by atomic mass is 10.1. The molecule has 0 fully saturated rings. The van der Waals surface area contributed by atoms with Crippen LogP contribution in [0.1, 0.15) is 17.2 Å². The first kappa shape index (κ1) is 15.5. The Morgan fingerprint density at radius 1 is 1.10 bits per heavy atom. The molecule has 4 heteroatoms. The van der Waals surface area contributed by atoms with Crippen LogP contribution < -0.4 is 10.1 Å². The van der Waals surface area contributed by atoms with E-state index in [1.54, 1.807) is 25.3 Å². The number of nitrogens with one attached hydrogen (secondary N) is 1. The van der Waals surface area contributed by atoms with E-state index in [2.05, 4.69) is 5.32 Å². The van der Waals surface area contributed by atoms with E-state index in [-0.39, 0.29) is 18.5 Å². The fraction of sp³-hybridized carbons (Fsp3) is 0.294. The summed E-state index contributed by atoms with van der Waals surface area (Å²) < 4.78 is 24.3. The van der Waals surface area contributed by atoms with E-state index in [1.165, 1.54) is 6.07 Å². The number of hydrogen-bond donors (Lipinski definition) is 1. The molecular formula is C17H20FNO2. The van der Waals surface area contributed by atoms with E-state index in [9.17, 15) is 4.39 Å². The number of likely N-dealkylation sites (N-methyl/N-ethyl adjacent to an activating group) is 1. The molecule has 0 radical (unpaired) electrons. The van der Waals surface area contributed by atoms with Crippen molar-refractivity contribution in [1.29, 1.82) is 0 Å². The van der Waals surface area contributed by atoms with Gasteiger partial charge in [-0.15, -0.1) is 0 Å². The Morgan fingerprint density at radius 3 is 2.43 bits per heavy atom. The lowest BCUT2D eigenvalue weighted by Gasteiger charge is -2.17. The summed E-state index contributed by atoms with van der Waals surface area (Å²) >= 11 is 0. The van der Waals surface area contributed by atoms with Crippen molar-refractivity contribution >= 4 is 0 Å². The number of benzene rings is 2. The zero-order valence-corrected chi connectivity index (χ0v) is 12.3. The monoisotopic (exact) mass is 289 g/mol. The van der Waals surface area contributed by atoms with E-state index in [0.29, 0.717) is 12.2 Å². The molecule has 1 N–H and O–H groups in total. The van der Waals surface area contributed by atoms with Gasteiger partial charge in [-0.3, -0.25) is 0 Å². The van der Waals surface area contributed by atoms with Gasteiger partial charge in [-0.05, 0) is 30.8 Å². The molecule has 112 valence electrons. The highest BCUT2D eigenvalue weighted by molar-refractivity contribution is 5.29. The molecule has 2 aromatic carbocycles. The van der Waals surface area contributed by atoms with Crippen LogP contribution in [0.15, 0.2) is 48.5 Å². The largest absolute Gasteiger partial charge is 0.497 e. The second-order valence-corrected chi connectivity index (χ2v) is 4.72. The van der Waals surface area contributed by atoms with Crippen LogP contribution in [0.4, 0.5) is 4.39 Å². The molecule has 3 nitrogen and oxygen atoms in total. The second-order valence-electron chi connectivity index (χ2n) is 4.72. The van der Waals surface area contributed by atoms with Crippen molar-refractivity contribution in [2.75, 3.05) is 20.8 Å². The Labute approximate surface area is 124 Å². The molecule has 0 saturated carbocycles. The van der Waals surface area contributed by atoms with Gasteiger partial charge in [-0.25, -0.2) is 4.39 Å². The highest BCUT2D eigenvalue weighted by Crippen LogP contribution is 2.18. The molecule has 0 aliphatic carbocycles. The number of rotatable bonds is 7. The zero-order valence-electron chi connectivity index (χ0n) is 12.3. The third kappa shape index (κ3) is 4.28. The molecule has 0 aromatic heterocycles. The van der Waals surface area contributed by atoms with Gasteiger partial charge in [0.2, 0.25) is 0 Å². The summed E-state index contributed by atoms with van der Waals surface area (Å²) in [6.07, 6.45) is 0. The smallest absolute Gasteiger partial charge is 0.128 e. The first-order valence-corrected chi connectivity index (χ1v) is 6.87. The Balaban J connectivity index is 1.91. The molecule has 0 heterocycles. The molecule has 2 aromatic rings. The van der Waals surface area contributed by atoms with Gasteiger partial charge in [0, 0.05) is 5.56 Å². The minimum atomic E-state index is -0.233. The minimum absolute atomic E-state index is 0.0580. The number of methoxy groups -OCH3 is 1. The Kier molecular flexibility index (Phi) is 5.72. The van der Waals surface area contributed by atoms with Crippen molar-refractivity contribution in [1.82, 2.24) is 5.32 Å². The quantitative estimate of drug-likeness (QED) is 0.848. The van der Waals surface area contributed by atoms with Gasteiger partial charge in [0.25, 0.3) is 0 Å². The van der Waals surface area contributed by atoms with Gasteiger partial charge in [-0.1, -0.05) is 30.3 Å². The third-order valence-corrected chi connectivity index (χ3v) is 3.37. The number of halogens is 1. The fourth-order valence-electron chi connectivity index (χ4n) is 2.08. The van der Waals surface area contributed by atoms with Gasteiger partial charge in [0.15, 0.2) is 0 Å². The van der Waals surface area contributed by atoms with Crippen molar-refractivity contribution in [2.24, 2.45) is 0 Å². The van der Waals surface area contributed by atoms with Crippen LogP contribution in [0.2, 0.25) is 0 Å². The average molecular weight is 289 g/mol. The van der Waals surface area contributed by atoms with E-state index in [1.807, 2.05) is 31.3 Å². The van der Waals surface area contributed by atoms with E-state index >= 15 is 0 Å². The average Bonchev–Trinajstić information content (AvgIpc) is 2.53. The standard InChI is InChI=1S/C17H20FNO2/c1-19-17(13-7-9-15(20-2)10-8-13)12-21-11-14-5-3-4-6-16(14)18/h3-10,17,19H,11-12H2,1-2H3. The molecular weight excluding hydrogens is 269 g/mol. The van der Waals surface area contributed by atoms with Crippen LogP contribution in [0.3, 0.4) is 0 Å². The maximum absolute atomic E-state index is 13.5. The SMILES string of the molecule is CNC(COCc1ccccc1F)c1ccc(OC)cc1. The highest BCUT2D eigenvalue weighted by Gasteiger charge is 2.10. The molecule has 21 heavy (non-hydrogen) atoms. The van der Waals surface area contributed by atoms with Crippen LogP contribution in [0, 0.1) is 5.82 Å². The predicted octanol–water partition coefficient (Wildman–Crippen LogP) is 3.31. The summed E-state index contributed by atoms with van der Waals surface area (Å²) in [6.45, 7) is 0.734. The van der Waals surface area contributed by atoms with E-state index < -0.39 is 0 Å². The number of ether oxygens (including phenoxy) is 2. The lowest BCUT2D eigenvalue weighted by Crippen LogP contribution is -2.21. The van der Waals surface area contributed by atoms with Crippen molar-refractivity contribution in [3.05, 3.63) is 65.5 Å². The lowest BCUT2D eigenvalue weighted by molar-refractivity contribution is 0.0985. The Hall–Kier alpha value is -1.91. The molecule has 0 spiro atoms. The highest BCUT2D eigenvalue weighted by atomic mass is 19.1. The first-order chi connectivity index (χ1) is 10.2. The molecule has 0 amide bonds. The Bertz CT molecular complexity index is 557. The summed E-state index contributed by atoms with van der Waals surface area (Å²) in [6, 6.07) is 14.5. The van der Waals surface area contributed by atoms with Crippen LogP contribution in [-0.2, 0) is 11.3 Å². The minimum Gasteiger partial charge on any atom is -0.497 e. The summed E-state index contributed by atoms with van der Waals surface area (Å²) in [5.74, 6) is 0.587. The summed E-state index contributed by atoms with van der Waals surface area (Å²) in [5, 5.41) is 3.20. The molecule has 0 saturated heterocycles. The van der Waals surface area contributed by atoms with Crippen LogP contribution >= 0.6 is 0 Å². The van der Waals surface area contributed by atoms with Gasteiger partial charge < -0.3 is 14.8 Å². The summed E-state index contributed by atoms with van der Waals surface area (Å²) in [5.41, 5.74) is 1.67. The van der Waals surface area contributed by atoms with Gasteiger partial charge in [-0.2, -0.15) is 0 Å². The third-order valence-electron chi connectivity index (χ3n) is 3.37. The topological polar surface area (TPSA) is 30.5 Å². The Morgan fingerprint density at radius 2 is 1.81 bits per heavy atom. The van der Waals surface area contributed by atoms with Crippen molar-refractivity contribution in [3.63, 3.8) is 0 Å². The normalized spacial score (nSPS) is 12.1. The van der Waals surface area contributed by atoms with Crippen LogP contribution in [-0.4, -0.2) is 20.8 Å².